The maximum atomic E-state index is 11.4. The lowest BCUT2D eigenvalue weighted by atomic mass is 10.0. The zero-order valence-corrected chi connectivity index (χ0v) is 11.2. The molecule has 0 saturated carbocycles. The molecule has 1 N–H and O–H groups in total. The average Bonchev–Trinajstić information content (AvgIpc) is 2.29. The van der Waals surface area contributed by atoms with Gasteiger partial charge in [0.1, 0.15) is 11.2 Å². The van der Waals surface area contributed by atoms with Gasteiger partial charge in [-0.05, 0) is 38.8 Å². The van der Waals surface area contributed by atoms with Gasteiger partial charge < -0.3 is 5.11 Å². The molecule has 0 saturated heterocycles. The molecule has 4 heteroatoms. The number of Topliss-reactive ketones (excluding diaryl/α,β-unsaturated/α-hetero) is 1. The van der Waals surface area contributed by atoms with E-state index in [1.807, 2.05) is 27.7 Å². The summed E-state index contributed by atoms with van der Waals surface area (Å²) in [4.78, 5) is 20.0. The zero-order valence-electron chi connectivity index (χ0n) is 11.2. The lowest BCUT2D eigenvalue weighted by Crippen LogP contribution is -2.04. The van der Waals surface area contributed by atoms with Gasteiger partial charge in [-0.25, -0.2) is 9.97 Å². The predicted octanol–water partition coefficient (Wildman–Crippen LogP) is 2.77. The fourth-order valence-electron chi connectivity index (χ4n) is 2.19. The zero-order chi connectivity index (χ0) is 13.6. The SMILES string of the molecule is CC(=O)c1nc(C)c2c(C)c(C)c(C)nc2c1O. The first kappa shape index (κ1) is 12.5. The third-order valence-corrected chi connectivity index (χ3v) is 3.42. The molecular formula is C14H16N2O2. The van der Waals surface area contributed by atoms with E-state index in [2.05, 4.69) is 9.97 Å². The number of carbonyl (C=O) groups is 1. The van der Waals surface area contributed by atoms with Gasteiger partial charge in [-0.1, -0.05) is 0 Å². The molecule has 0 amide bonds. The molecule has 0 aliphatic carbocycles. The van der Waals surface area contributed by atoms with Crippen LogP contribution < -0.4 is 0 Å². The Morgan fingerprint density at radius 2 is 1.61 bits per heavy atom. The van der Waals surface area contributed by atoms with Crippen molar-refractivity contribution < 1.29 is 9.90 Å². The molecular weight excluding hydrogens is 228 g/mol. The molecule has 2 aromatic heterocycles. The molecule has 2 aromatic rings. The second kappa shape index (κ2) is 4.05. The van der Waals surface area contributed by atoms with E-state index in [1.54, 1.807) is 0 Å². The third-order valence-electron chi connectivity index (χ3n) is 3.42. The minimum absolute atomic E-state index is 0.0927. The van der Waals surface area contributed by atoms with E-state index in [0.717, 1.165) is 27.9 Å². The summed E-state index contributed by atoms with van der Waals surface area (Å²) in [5.41, 5.74) is 4.27. The van der Waals surface area contributed by atoms with Crippen LogP contribution in [-0.2, 0) is 0 Å². The van der Waals surface area contributed by atoms with Gasteiger partial charge in [-0.2, -0.15) is 0 Å². The minimum atomic E-state index is -0.254. The summed E-state index contributed by atoms with van der Waals surface area (Å²) in [5.74, 6) is -0.371. The van der Waals surface area contributed by atoms with Crippen molar-refractivity contribution in [3.63, 3.8) is 0 Å². The monoisotopic (exact) mass is 244 g/mol. The summed E-state index contributed by atoms with van der Waals surface area (Å²) in [6.07, 6.45) is 0. The number of aromatic hydroxyl groups is 1. The first-order valence-corrected chi connectivity index (χ1v) is 5.82. The van der Waals surface area contributed by atoms with Crippen LogP contribution in [0.2, 0.25) is 0 Å². The largest absolute Gasteiger partial charge is 0.504 e. The fraction of sp³-hybridized carbons (Fsp3) is 0.357. The van der Waals surface area contributed by atoms with E-state index in [1.165, 1.54) is 6.92 Å². The molecule has 0 aliphatic rings. The molecule has 2 heterocycles. The standard InChI is InChI=1S/C14H16N2O2/c1-6-7(2)11-9(4)16-12(10(5)17)14(18)13(11)15-8(6)3/h18H,1-5H3. The highest BCUT2D eigenvalue weighted by molar-refractivity contribution is 6.01. The van der Waals surface area contributed by atoms with Gasteiger partial charge in [0.05, 0.1) is 0 Å². The second-order valence-electron chi connectivity index (χ2n) is 4.62. The Balaban J connectivity index is 3.03. The van der Waals surface area contributed by atoms with Gasteiger partial charge in [0, 0.05) is 23.7 Å². The van der Waals surface area contributed by atoms with Crippen LogP contribution in [0, 0.1) is 27.7 Å². The van der Waals surface area contributed by atoms with E-state index in [-0.39, 0.29) is 17.2 Å². The number of carbonyl (C=O) groups excluding carboxylic acids is 1. The van der Waals surface area contributed by atoms with Crippen LogP contribution in [0.25, 0.3) is 10.9 Å². The summed E-state index contributed by atoms with van der Waals surface area (Å²) in [7, 11) is 0. The van der Waals surface area contributed by atoms with E-state index in [9.17, 15) is 9.90 Å². The van der Waals surface area contributed by atoms with Gasteiger partial charge in [0.15, 0.2) is 11.5 Å². The number of aromatic nitrogens is 2. The third kappa shape index (κ3) is 1.65. The lowest BCUT2D eigenvalue weighted by Gasteiger charge is -2.13. The van der Waals surface area contributed by atoms with Crippen molar-refractivity contribution in [3.8, 4) is 5.75 Å². The maximum absolute atomic E-state index is 11.4. The number of rotatable bonds is 1. The quantitative estimate of drug-likeness (QED) is 0.783. The van der Waals surface area contributed by atoms with Crippen molar-refractivity contribution in [3.05, 3.63) is 28.2 Å². The van der Waals surface area contributed by atoms with Gasteiger partial charge in [-0.15, -0.1) is 0 Å². The van der Waals surface area contributed by atoms with Crippen LogP contribution in [0.3, 0.4) is 0 Å². The van der Waals surface area contributed by atoms with Crippen molar-refractivity contribution >= 4 is 16.7 Å². The summed E-state index contributed by atoms with van der Waals surface area (Å²) in [6.45, 7) is 9.09. The Bertz CT molecular complexity index is 676. The topological polar surface area (TPSA) is 63.1 Å². The van der Waals surface area contributed by atoms with E-state index < -0.39 is 0 Å². The first-order chi connectivity index (χ1) is 8.34. The molecule has 0 spiro atoms. The first-order valence-electron chi connectivity index (χ1n) is 5.82. The van der Waals surface area contributed by atoms with Gasteiger partial charge in [-0.3, -0.25) is 4.79 Å². The molecule has 18 heavy (non-hydrogen) atoms. The molecule has 0 bridgehead atoms. The van der Waals surface area contributed by atoms with Crippen molar-refractivity contribution in [1.29, 1.82) is 0 Å². The maximum Gasteiger partial charge on any atom is 0.182 e. The molecule has 0 aromatic carbocycles. The summed E-state index contributed by atoms with van der Waals surface area (Å²) >= 11 is 0. The van der Waals surface area contributed by atoms with Gasteiger partial charge >= 0.3 is 0 Å². The molecule has 0 unspecified atom stereocenters. The van der Waals surface area contributed by atoms with Gasteiger partial charge in [0.2, 0.25) is 0 Å². The minimum Gasteiger partial charge on any atom is -0.504 e. The van der Waals surface area contributed by atoms with Crippen LogP contribution in [0.5, 0.6) is 5.75 Å². The number of hydrogen-bond donors (Lipinski definition) is 1. The van der Waals surface area contributed by atoms with Crippen molar-refractivity contribution in [1.82, 2.24) is 9.97 Å². The molecule has 94 valence electrons. The number of nitrogens with zero attached hydrogens (tertiary/aromatic N) is 2. The highest BCUT2D eigenvalue weighted by Gasteiger charge is 2.18. The smallest absolute Gasteiger partial charge is 0.182 e. The number of ketones is 1. The molecule has 0 fully saturated rings. The van der Waals surface area contributed by atoms with Crippen molar-refractivity contribution in [2.24, 2.45) is 0 Å². The van der Waals surface area contributed by atoms with Gasteiger partial charge in [0.25, 0.3) is 0 Å². The number of pyridine rings is 2. The Kier molecular flexibility index (Phi) is 2.81. The van der Waals surface area contributed by atoms with Crippen molar-refractivity contribution in [2.75, 3.05) is 0 Å². The molecule has 4 nitrogen and oxygen atoms in total. The lowest BCUT2D eigenvalue weighted by molar-refractivity contribution is 0.101. The molecule has 2 rings (SSSR count). The average molecular weight is 244 g/mol. The Labute approximate surface area is 106 Å². The van der Waals surface area contributed by atoms with Crippen LogP contribution in [0.1, 0.15) is 39.9 Å². The van der Waals surface area contributed by atoms with E-state index in [4.69, 9.17) is 0 Å². The highest BCUT2D eigenvalue weighted by Crippen LogP contribution is 2.32. The predicted molar refractivity (Wildman–Crippen MR) is 70.2 cm³/mol. The van der Waals surface area contributed by atoms with Crippen LogP contribution >= 0.6 is 0 Å². The number of aryl methyl sites for hydroxylation is 3. The normalized spacial score (nSPS) is 10.9. The second-order valence-corrected chi connectivity index (χ2v) is 4.62. The van der Waals surface area contributed by atoms with E-state index >= 15 is 0 Å². The van der Waals surface area contributed by atoms with Crippen LogP contribution in [-0.4, -0.2) is 20.9 Å². The summed E-state index contributed by atoms with van der Waals surface area (Å²) in [6, 6.07) is 0. The summed E-state index contributed by atoms with van der Waals surface area (Å²) < 4.78 is 0. The fourth-order valence-corrected chi connectivity index (χ4v) is 2.19. The Morgan fingerprint density at radius 3 is 2.17 bits per heavy atom. The Hall–Kier alpha value is -1.97. The molecule has 0 atom stereocenters. The van der Waals surface area contributed by atoms with Crippen molar-refractivity contribution in [2.45, 2.75) is 34.6 Å². The van der Waals surface area contributed by atoms with Crippen LogP contribution in [0.4, 0.5) is 0 Å². The molecule has 0 radical (unpaired) electrons. The Morgan fingerprint density at radius 1 is 1.00 bits per heavy atom. The van der Waals surface area contributed by atoms with E-state index in [0.29, 0.717) is 5.52 Å². The number of hydrogen-bond acceptors (Lipinski definition) is 4. The summed E-state index contributed by atoms with van der Waals surface area (Å²) in [5, 5.41) is 11.0. The number of fused-ring (bicyclic) bond motifs is 1. The van der Waals surface area contributed by atoms with Crippen LogP contribution in [0.15, 0.2) is 0 Å². The highest BCUT2D eigenvalue weighted by atomic mass is 16.3. The molecule has 0 aliphatic heterocycles.